The van der Waals surface area contributed by atoms with Gasteiger partial charge in [0.2, 0.25) is 0 Å². The van der Waals surface area contributed by atoms with Crippen molar-refractivity contribution >= 4 is 0 Å². The van der Waals surface area contributed by atoms with Crippen molar-refractivity contribution in [1.29, 1.82) is 0 Å². The van der Waals surface area contributed by atoms with Crippen LogP contribution in [-0.4, -0.2) is 19.2 Å². The number of hydrogen-bond donors (Lipinski definition) is 1. The number of nitrogens with one attached hydrogen (secondary N) is 1. The number of rotatable bonds is 4. The van der Waals surface area contributed by atoms with Crippen LogP contribution >= 0.6 is 0 Å². The predicted molar refractivity (Wildman–Crippen MR) is 40.4 cm³/mol. The first-order valence-electron chi connectivity index (χ1n) is 4.25. The maximum atomic E-state index is 10.1. The van der Waals surface area contributed by atoms with Gasteiger partial charge in [-0.3, -0.25) is 0 Å². The monoisotopic (exact) mass is 142 g/mol. The summed E-state index contributed by atoms with van der Waals surface area (Å²) in [6.07, 6.45) is 6.16. The van der Waals surface area contributed by atoms with E-state index < -0.39 is 0 Å². The van der Waals surface area contributed by atoms with E-state index in [9.17, 15) is 5.11 Å². The molecule has 0 saturated heterocycles. The van der Waals surface area contributed by atoms with Crippen molar-refractivity contribution in [3.05, 3.63) is 0 Å². The van der Waals surface area contributed by atoms with Gasteiger partial charge in [0.15, 0.2) is 0 Å². The van der Waals surface area contributed by atoms with E-state index in [1.54, 1.807) is 0 Å². The zero-order valence-electron chi connectivity index (χ0n) is 6.44. The van der Waals surface area contributed by atoms with Gasteiger partial charge in [0.1, 0.15) is 0 Å². The molecular weight excluding hydrogens is 126 g/mol. The van der Waals surface area contributed by atoms with Crippen molar-refractivity contribution in [3.63, 3.8) is 0 Å². The van der Waals surface area contributed by atoms with Crippen LogP contribution in [0, 0.1) is 0 Å². The molecule has 0 unspecified atom stereocenters. The molecule has 0 amide bonds. The molecule has 0 bridgehead atoms. The van der Waals surface area contributed by atoms with Gasteiger partial charge >= 0.3 is 0 Å². The summed E-state index contributed by atoms with van der Waals surface area (Å²) in [7, 11) is 0. The average molecular weight is 142 g/mol. The van der Waals surface area contributed by atoms with Crippen LogP contribution in [0.15, 0.2) is 0 Å². The van der Waals surface area contributed by atoms with Gasteiger partial charge in [-0.05, 0) is 25.8 Å². The predicted octanol–water partition coefficient (Wildman–Crippen LogP) is 1.34. The van der Waals surface area contributed by atoms with Gasteiger partial charge < -0.3 is 5.32 Å². The lowest BCUT2D eigenvalue weighted by molar-refractivity contribution is 0.187. The summed E-state index contributed by atoms with van der Waals surface area (Å²) in [6.45, 7) is 0.994. The van der Waals surface area contributed by atoms with E-state index in [1.807, 2.05) is 0 Å². The summed E-state index contributed by atoms with van der Waals surface area (Å²) in [5.41, 5.74) is 0. The second-order valence-electron chi connectivity index (χ2n) is 2.99. The molecule has 0 heterocycles. The van der Waals surface area contributed by atoms with Crippen molar-refractivity contribution in [3.8, 4) is 0 Å². The van der Waals surface area contributed by atoms with Crippen LogP contribution in [0.1, 0.15) is 32.1 Å². The minimum atomic E-state index is 0.0692. The molecule has 1 fully saturated rings. The first kappa shape index (κ1) is 8.02. The third kappa shape index (κ3) is 2.67. The van der Waals surface area contributed by atoms with Gasteiger partial charge in [0.05, 0.1) is 6.61 Å². The van der Waals surface area contributed by atoms with Crippen LogP contribution in [0.2, 0.25) is 0 Å². The van der Waals surface area contributed by atoms with Crippen LogP contribution in [0.25, 0.3) is 0 Å². The van der Waals surface area contributed by atoms with E-state index in [1.165, 1.54) is 25.7 Å². The third-order valence-corrected chi connectivity index (χ3v) is 2.11. The van der Waals surface area contributed by atoms with E-state index in [0.29, 0.717) is 0 Å². The lowest BCUT2D eigenvalue weighted by Crippen LogP contribution is -2.27. The van der Waals surface area contributed by atoms with Crippen LogP contribution in [-0.2, 0) is 5.11 Å². The quantitative estimate of drug-likeness (QED) is 0.590. The van der Waals surface area contributed by atoms with Gasteiger partial charge in [-0.25, -0.2) is 5.11 Å². The van der Waals surface area contributed by atoms with Crippen molar-refractivity contribution in [2.75, 3.05) is 13.2 Å². The van der Waals surface area contributed by atoms with Crippen LogP contribution in [0.3, 0.4) is 0 Å². The second-order valence-corrected chi connectivity index (χ2v) is 2.99. The summed E-state index contributed by atoms with van der Waals surface area (Å²) in [6, 6.07) is 0.728. The van der Waals surface area contributed by atoms with Crippen molar-refractivity contribution in [2.45, 2.75) is 38.1 Å². The molecule has 10 heavy (non-hydrogen) atoms. The normalized spacial score (nSPS) is 20.1. The van der Waals surface area contributed by atoms with E-state index in [2.05, 4.69) is 5.32 Å². The lowest BCUT2D eigenvalue weighted by Gasteiger charge is -2.09. The minimum absolute atomic E-state index is 0.0692. The van der Waals surface area contributed by atoms with Crippen molar-refractivity contribution < 1.29 is 5.11 Å². The summed E-state index contributed by atoms with van der Waals surface area (Å²) >= 11 is 0. The molecule has 0 atom stereocenters. The topological polar surface area (TPSA) is 31.9 Å². The molecule has 0 aromatic rings. The highest BCUT2D eigenvalue weighted by Crippen LogP contribution is 2.17. The zero-order valence-corrected chi connectivity index (χ0v) is 6.44. The van der Waals surface area contributed by atoms with Gasteiger partial charge in [-0.2, -0.15) is 0 Å². The van der Waals surface area contributed by atoms with Crippen molar-refractivity contribution in [2.24, 2.45) is 0 Å². The van der Waals surface area contributed by atoms with Crippen LogP contribution in [0.5, 0.6) is 0 Å². The molecule has 2 heteroatoms. The molecule has 0 spiro atoms. The molecular formula is C8H16NO. The molecule has 1 rings (SSSR count). The molecule has 1 aliphatic rings. The van der Waals surface area contributed by atoms with Crippen molar-refractivity contribution in [1.82, 2.24) is 5.32 Å². The maximum absolute atomic E-state index is 10.1. The Morgan fingerprint density at radius 2 is 2.00 bits per heavy atom. The van der Waals surface area contributed by atoms with Gasteiger partial charge in [0.25, 0.3) is 0 Å². The Labute approximate surface area is 62.6 Å². The molecule has 1 saturated carbocycles. The summed E-state index contributed by atoms with van der Waals surface area (Å²) in [5.74, 6) is 0. The highest BCUT2D eigenvalue weighted by atomic mass is 16.3. The summed E-state index contributed by atoms with van der Waals surface area (Å²) < 4.78 is 0. The fourth-order valence-corrected chi connectivity index (χ4v) is 1.51. The lowest BCUT2D eigenvalue weighted by atomic mass is 10.2. The van der Waals surface area contributed by atoms with Crippen LogP contribution < -0.4 is 5.32 Å². The first-order chi connectivity index (χ1) is 4.93. The molecule has 1 N–H and O–H groups in total. The maximum Gasteiger partial charge on any atom is 0.0834 e. The Hall–Kier alpha value is -0.0800. The Balaban J connectivity index is 1.91. The molecule has 59 valence electrons. The first-order valence-corrected chi connectivity index (χ1v) is 4.25. The molecule has 0 aliphatic heterocycles. The smallest absolute Gasteiger partial charge is 0.0834 e. The summed E-state index contributed by atoms with van der Waals surface area (Å²) in [5, 5.41) is 13.4. The standard InChI is InChI=1S/C8H16NO/c10-7-3-6-9-8-4-1-2-5-8/h8-9H,1-7H2. The Bertz CT molecular complexity index is 79.3. The van der Waals surface area contributed by atoms with Gasteiger partial charge in [0, 0.05) is 6.04 Å². The van der Waals surface area contributed by atoms with E-state index in [0.717, 1.165) is 19.0 Å². The molecule has 0 aromatic heterocycles. The molecule has 2 nitrogen and oxygen atoms in total. The second kappa shape index (κ2) is 4.69. The highest BCUT2D eigenvalue weighted by molar-refractivity contribution is 4.72. The highest BCUT2D eigenvalue weighted by Gasteiger charge is 2.12. The van der Waals surface area contributed by atoms with Crippen LogP contribution in [0.4, 0.5) is 0 Å². The third-order valence-electron chi connectivity index (χ3n) is 2.11. The summed E-state index contributed by atoms with van der Waals surface area (Å²) in [4.78, 5) is 0. The largest absolute Gasteiger partial charge is 0.314 e. The van der Waals surface area contributed by atoms with E-state index in [-0.39, 0.29) is 6.61 Å². The fraction of sp³-hybridized carbons (Fsp3) is 1.00. The SMILES string of the molecule is [O]CCCNC1CCCC1. The average Bonchev–Trinajstić information content (AvgIpc) is 2.41. The Morgan fingerprint density at radius 1 is 1.30 bits per heavy atom. The Morgan fingerprint density at radius 3 is 2.60 bits per heavy atom. The Kier molecular flexibility index (Phi) is 3.76. The minimum Gasteiger partial charge on any atom is -0.314 e. The zero-order chi connectivity index (χ0) is 7.23. The molecule has 1 radical (unpaired) electrons. The fourth-order valence-electron chi connectivity index (χ4n) is 1.51. The van der Waals surface area contributed by atoms with E-state index >= 15 is 0 Å². The molecule has 1 aliphatic carbocycles. The van der Waals surface area contributed by atoms with E-state index in [4.69, 9.17) is 0 Å². The van der Waals surface area contributed by atoms with Gasteiger partial charge in [-0.1, -0.05) is 12.8 Å². The molecule has 0 aromatic carbocycles. The number of hydrogen-bond acceptors (Lipinski definition) is 1. The van der Waals surface area contributed by atoms with Gasteiger partial charge in [-0.15, -0.1) is 0 Å².